The van der Waals surface area contributed by atoms with Crippen LogP contribution < -0.4 is 5.73 Å². The van der Waals surface area contributed by atoms with Crippen LogP contribution in [0.15, 0.2) is 18.6 Å². The second-order valence-corrected chi connectivity index (χ2v) is 5.02. The van der Waals surface area contributed by atoms with E-state index in [2.05, 4.69) is 9.97 Å². The highest BCUT2D eigenvalue weighted by Gasteiger charge is 2.54. The van der Waals surface area contributed by atoms with E-state index in [-0.39, 0.29) is 5.82 Å². The van der Waals surface area contributed by atoms with E-state index in [1.54, 1.807) is 12.3 Å². The Morgan fingerprint density at radius 3 is 2.95 bits per heavy atom. The maximum atomic E-state index is 14.7. The van der Waals surface area contributed by atoms with Crippen LogP contribution in [-0.4, -0.2) is 49.2 Å². The second kappa shape index (κ2) is 4.37. The number of nitrogens with two attached hydrogens (primary N) is 1. The number of aliphatic hydroxyl groups excluding tert-OH is 2. The first-order valence-electron chi connectivity index (χ1n) is 6.17. The topological polar surface area (TPSA) is 106 Å². The monoisotopic (exact) mass is 282 g/mol. The molecule has 1 unspecified atom stereocenters. The van der Waals surface area contributed by atoms with Gasteiger partial charge in [-0.3, -0.25) is 0 Å². The van der Waals surface area contributed by atoms with Crippen molar-refractivity contribution in [3.63, 3.8) is 0 Å². The van der Waals surface area contributed by atoms with Gasteiger partial charge in [0.15, 0.2) is 11.9 Å². The van der Waals surface area contributed by atoms with Crippen LogP contribution in [-0.2, 0) is 4.74 Å². The van der Waals surface area contributed by atoms with Crippen LogP contribution in [0.1, 0.15) is 13.2 Å². The first-order chi connectivity index (χ1) is 9.46. The van der Waals surface area contributed by atoms with E-state index in [1.165, 1.54) is 17.8 Å². The van der Waals surface area contributed by atoms with Gasteiger partial charge >= 0.3 is 0 Å². The molecule has 0 radical (unpaired) electrons. The van der Waals surface area contributed by atoms with E-state index in [1.807, 2.05) is 0 Å². The number of ether oxygens (including phenoxy) is 1. The quantitative estimate of drug-likeness (QED) is 0.715. The predicted molar refractivity (Wildman–Crippen MR) is 68.5 cm³/mol. The fourth-order valence-corrected chi connectivity index (χ4v) is 2.54. The number of hydrogen-bond donors (Lipinski definition) is 3. The Balaban J connectivity index is 2.10. The minimum Gasteiger partial charge on any atom is -0.394 e. The highest BCUT2D eigenvalue weighted by Crippen LogP contribution is 2.42. The van der Waals surface area contributed by atoms with Crippen molar-refractivity contribution in [1.82, 2.24) is 14.5 Å². The minimum atomic E-state index is -2.06. The average molecular weight is 282 g/mol. The van der Waals surface area contributed by atoms with Crippen molar-refractivity contribution < 1.29 is 19.3 Å². The van der Waals surface area contributed by atoms with Crippen molar-refractivity contribution in [2.45, 2.75) is 31.0 Å². The first kappa shape index (κ1) is 13.2. The van der Waals surface area contributed by atoms with E-state index >= 15 is 0 Å². The molecule has 4 N–H and O–H groups in total. The normalized spacial score (nSPS) is 33.9. The molecule has 0 aromatic carbocycles. The van der Waals surface area contributed by atoms with E-state index in [4.69, 9.17) is 15.6 Å². The predicted octanol–water partition coefficient (Wildman–Crippen LogP) is -0.00770. The lowest BCUT2D eigenvalue weighted by Crippen LogP contribution is -2.40. The van der Waals surface area contributed by atoms with Crippen LogP contribution in [0.5, 0.6) is 0 Å². The Bertz CT molecular complexity index is 645. The summed E-state index contributed by atoms with van der Waals surface area (Å²) in [5.74, 6) is 0.284. The second-order valence-electron chi connectivity index (χ2n) is 5.02. The van der Waals surface area contributed by atoms with Crippen molar-refractivity contribution in [3.05, 3.63) is 18.6 Å². The molecule has 0 saturated carbocycles. The third-order valence-corrected chi connectivity index (χ3v) is 3.69. The Labute approximate surface area is 113 Å². The van der Waals surface area contributed by atoms with Gasteiger partial charge in [0, 0.05) is 6.20 Å². The number of aliphatic hydroxyl groups is 2. The van der Waals surface area contributed by atoms with Crippen LogP contribution in [0.2, 0.25) is 0 Å². The van der Waals surface area contributed by atoms with E-state index in [0.29, 0.717) is 11.0 Å². The lowest BCUT2D eigenvalue weighted by Gasteiger charge is -2.25. The first-order valence-corrected chi connectivity index (χ1v) is 6.17. The van der Waals surface area contributed by atoms with E-state index < -0.39 is 30.7 Å². The zero-order valence-electron chi connectivity index (χ0n) is 10.8. The Morgan fingerprint density at radius 1 is 1.55 bits per heavy atom. The lowest BCUT2D eigenvalue weighted by molar-refractivity contribution is -0.0564. The molecule has 1 aliphatic heterocycles. The summed E-state index contributed by atoms with van der Waals surface area (Å²) in [6, 6.07) is 1.66. The summed E-state index contributed by atoms with van der Waals surface area (Å²) in [6.45, 7) is 0.766. The summed E-state index contributed by atoms with van der Waals surface area (Å²) in [4.78, 5) is 7.93. The lowest BCUT2D eigenvalue weighted by atomic mass is 9.98. The molecule has 0 bridgehead atoms. The minimum absolute atomic E-state index is 0.284. The fraction of sp³-hybridized carbons (Fsp3) is 0.500. The Morgan fingerprint density at radius 2 is 2.30 bits per heavy atom. The highest BCUT2D eigenvalue weighted by molar-refractivity contribution is 5.86. The Kier molecular flexibility index (Phi) is 2.89. The molecule has 108 valence electrons. The largest absolute Gasteiger partial charge is 0.394 e. The van der Waals surface area contributed by atoms with Gasteiger partial charge < -0.3 is 25.3 Å². The standard InChI is InChI=1S/C12H15FN4O3/c1-12(13)8(19)7(4-18)20-11(12)17-3-2-6-9(14)15-5-16-10(6)17/h2-3,5,7-8,11,18-19H,4H2,1H3,(H2,14,15,16)/t7-,8?,11-,12-/m1/s1. The molecule has 1 aliphatic rings. The molecular weight excluding hydrogens is 267 g/mol. The van der Waals surface area contributed by atoms with Gasteiger partial charge in [-0.05, 0) is 13.0 Å². The molecular formula is C12H15FN4O3. The van der Waals surface area contributed by atoms with Crippen LogP contribution in [0.4, 0.5) is 10.2 Å². The van der Waals surface area contributed by atoms with Gasteiger partial charge in [0.1, 0.15) is 30.0 Å². The van der Waals surface area contributed by atoms with Crippen molar-refractivity contribution in [2.75, 3.05) is 12.3 Å². The maximum Gasteiger partial charge on any atom is 0.181 e. The molecule has 3 rings (SSSR count). The summed E-state index contributed by atoms with van der Waals surface area (Å²) in [7, 11) is 0. The maximum absolute atomic E-state index is 14.7. The number of alkyl halides is 1. The zero-order valence-corrected chi connectivity index (χ0v) is 10.8. The summed E-state index contributed by atoms with van der Waals surface area (Å²) in [5, 5.41) is 19.6. The van der Waals surface area contributed by atoms with Crippen molar-refractivity contribution in [3.8, 4) is 0 Å². The van der Waals surface area contributed by atoms with Crippen molar-refractivity contribution in [1.29, 1.82) is 0 Å². The number of hydrogen-bond acceptors (Lipinski definition) is 6. The summed E-state index contributed by atoms with van der Waals surface area (Å²) >= 11 is 0. The third kappa shape index (κ3) is 1.69. The van der Waals surface area contributed by atoms with Crippen LogP contribution in [0.25, 0.3) is 11.0 Å². The molecule has 0 aliphatic carbocycles. The van der Waals surface area contributed by atoms with Gasteiger partial charge in [0.25, 0.3) is 0 Å². The summed E-state index contributed by atoms with van der Waals surface area (Å²) in [6.07, 6.45) is -0.647. The fourth-order valence-electron chi connectivity index (χ4n) is 2.54. The van der Waals surface area contributed by atoms with Gasteiger partial charge in [0.05, 0.1) is 12.0 Å². The number of rotatable bonds is 2. The summed E-state index contributed by atoms with van der Waals surface area (Å²) < 4.78 is 21.6. The van der Waals surface area contributed by atoms with Gasteiger partial charge in [-0.15, -0.1) is 0 Å². The van der Waals surface area contributed by atoms with E-state index in [9.17, 15) is 9.50 Å². The SMILES string of the molecule is C[C@@]1(F)C(O)[C@@H](CO)O[C@H]1n1ccc2c(N)ncnc21. The van der Waals surface area contributed by atoms with Gasteiger partial charge in [-0.2, -0.15) is 0 Å². The van der Waals surface area contributed by atoms with Gasteiger partial charge in [0.2, 0.25) is 0 Å². The van der Waals surface area contributed by atoms with Crippen LogP contribution in [0.3, 0.4) is 0 Å². The third-order valence-electron chi connectivity index (χ3n) is 3.69. The molecule has 2 aromatic rings. The number of nitrogens with zero attached hydrogens (tertiary/aromatic N) is 3. The molecule has 4 atom stereocenters. The highest BCUT2D eigenvalue weighted by atomic mass is 19.1. The van der Waals surface area contributed by atoms with Crippen molar-refractivity contribution in [2.24, 2.45) is 0 Å². The number of nitrogen functional groups attached to an aromatic ring is 1. The van der Waals surface area contributed by atoms with Crippen LogP contribution >= 0.6 is 0 Å². The molecule has 20 heavy (non-hydrogen) atoms. The molecule has 1 saturated heterocycles. The molecule has 0 amide bonds. The number of aromatic nitrogens is 3. The molecule has 8 heteroatoms. The number of halogens is 1. The van der Waals surface area contributed by atoms with Crippen LogP contribution in [0, 0.1) is 0 Å². The van der Waals surface area contributed by atoms with Gasteiger partial charge in [-0.25, -0.2) is 14.4 Å². The van der Waals surface area contributed by atoms with Crippen molar-refractivity contribution >= 4 is 16.9 Å². The molecule has 3 heterocycles. The number of fused-ring (bicyclic) bond motifs is 1. The molecule has 2 aromatic heterocycles. The average Bonchev–Trinajstić information content (AvgIpc) is 2.92. The number of anilines is 1. The molecule has 7 nitrogen and oxygen atoms in total. The van der Waals surface area contributed by atoms with E-state index in [0.717, 1.165) is 0 Å². The molecule has 0 spiro atoms. The smallest absolute Gasteiger partial charge is 0.181 e. The summed E-state index contributed by atoms with van der Waals surface area (Å²) in [5.41, 5.74) is 4.09. The van der Waals surface area contributed by atoms with Gasteiger partial charge in [-0.1, -0.05) is 0 Å². The Hall–Kier alpha value is -1.77. The molecule has 1 fully saturated rings. The zero-order chi connectivity index (χ0) is 14.5.